The standard InChI is InChI=1S/C11H19N3O/c12-11-14-13-10(15-11)8-4-7-9-5-2-1-3-6-9/h9H,1-8H2,(H2,12,14). The fourth-order valence-corrected chi connectivity index (χ4v) is 2.39. The molecule has 1 fully saturated rings. The van der Waals surface area contributed by atoms with E-state index in [-0.39, 0.29) is 6.01 Å². The zero-order valence-corrected chi connectivity index (χ0v) is 9.11. The molecular weight excluding hydrogens is 190 g/mol. The van der Waals surface area contributed by atoms with Crippen molar-refractivity contribution in [1.82, 2.24) is 10.2 Å². The lowest BCUT2D eigenvalue weighted by Gasteiger charge is -2.20. The van der Waals surface area contributed by atoms with Crippen LogP contribution < -0.4 is 5.73 Å². The van der Waals surface area contributed by atoms with Crippen molar-refractivity contribution in [3.8, 4) is 0 Å². The second kappa shape index (κ2) is 5.14. The molecular formula is C11H19N3O. The van der Waals surface area contributed by atoms with Gasteiger partial charge in [-0.05, 0) is 18.8 Å². The van der Waals surface area contributed by atoms with E-state index in [1.165, 1.54) is 38.5 Å². The van der Waals surface area contributed by atoms with Gasteiger partial charge in [0.1, 0.15) is 0 Å². The van der Waals surface area contributed by atoms with Crippen molar-refractivity contribution in [3.63, 3.8) is 0 Å². The summed E-state index contributed by atoms with van der Waals surface area (Å²) in [5.41, 5.74) is 5.35. The molecule has 0 spiro atoms. The predicted octanol–water partition coefficient (Wildman–Crippen LogP) is 2.55. The summed E-state index contributed by atoms with van der Waals surface area (Å²) < 4.78 is 5.13. The van der Waals surface area contributed by atoms with Crippen LogP contribution in [0.25, 0.3) is 0 Å². The van der Waals surface area contributed by atoms with Crippen molar-refractivity contribution < 1.29 is 4.42 Å². The molecule has 1 aliphatic carbocycles. The summed E-state index contributed by atoms with van der Waals surface area (Å²) >= 11 is 0. The first kappa shape index (κ1) is 10.5. The van der Waals surface area contributed by atoms with E-state index in [4.69, 9.17) is 10.2 Å². The highest BCUT2D eigenvalue weighted by atomic mass is 16.4. The van der Waals surface area contributed by atoms with E-state index in [2.05, 4.69) is 10.2 Å². The molecule has 0 atom stereocenters. The number of nitrogen functional groups attached to an aromatic ring is 1. The van der Waals surface area contributed by atoms with Crippen LogP contribution >= 0.6 is 0 Å². The van der Waals surface area contributed by atoms with Crippen molar-refractivity contribution in [1.29, 1.82) is 0 Å². The number of rotatable bonds is 4. The fourth-order valence-electron chi connectivity index (χ4n) is 2.39. The van der Waals surface area contributed by atoms with E-state index in [1.807, 2.05) is 0 Å². The lowest BCUT2D eigenvalue weighted by atomic mass is 9.86. The second-order valence-electron chi connectivity index (χ2n) is 4.43. The number of hydrogen-bond donors (Lipinski definition) is 1. The SMILES string of the molecule is Nc1nnc(CCCC2CCCCC2)o1. The molecule has 0 amide bonds. The predicted molar refractivity (Wildman–Crippen MR) is 58.2 cm³/mol. The molecule has 84 valence electrons. The molecule has 0 saturated heterocycles. The molecule has 4 nitrogen and oxygen atoms in total. The molecule has 2 N–H and O–H groups in total. The quantitative estimate of drug-likeness (QED) is 0.827. The first-order chi connectivity index (χ1) is 7.34. The minimum Gasteiger partial charge on any atom is -0.408 e. The van der Waals surface area contributed by atoms with Crippen LogP contribution in [0.2, 0.25) is 0 Å². The smallest absolute Gasteiger partial charge is 0.312 e. The molecule has 0 radical (unpaired) electrons. The third-order valence-corrected chi connectivity index (χ3v) is 3.21. The summed E-state index contributed by atoms with van der Waals surface area (Å²) in [6, 6.07) is 0.183. The number of aromatic nitrogens is 2. The number of hydrogen-bond acceptors (Lipinski definition) is 4. The van der Waals surface area contributed by atoms with Crippen LogP contribution in [0.4, 0.5) is 6.01 Å². The Morgan fingerprint density at radius 2 is 2.00 bits per heavy atom. The van der Waals surface area contributed by atoms with E-state index in [9.17, 15) is 0 Å². The maximum absolute atomic E-state index is 5.35. The summed E-state index contributed by atoms with van der Waals surface area (Å²) in [5, 5.41) is 7.50. The molecule has 2 rings (SSSR count). The topological polar surface area (TPSA) is 64.9 Å². The normalized spacial score (nSPS) is 18.1. The van der Waals surface area contributed by atoms with Gasteiger partial charge < -0.3 is 10.2 Å². The van der Waals surface area contributed by atoms with E-state index in [1.54, 1.807) is 0 Å². The molecule has 1 saturated carbocycles. The zero-order chi connectivity index (χ0) is 10.5. The Morgan fingerprint density at radius 3 is 2.67 bits per heavy atom. The van der Waals surface area contributed by atoms with E-state index < -0.39 is 0 Å². The van der Waals surface area contributed by atoms with Crippen molar-refractivity contribution in [3.05, 3.63) is 5.89 Å². The van der Waals surface area contributed by atoms with Gasteiger partial charge in [-0.3, -0.25) is 0 Å². The summed E-state index contributed by atoms with van der Waals surface area (Å²) in [7, 11) is 0. The minimum absolute atomic E-state index is 0.183. The van der Waals surface area contributed by atoms with Crippen molar-refractivity contribution in [2.24, 2.45) is 5.92 Å². The van der Waals surface area contributed by atoms with Gasteiger partial charge in [-0.15, -0.1) is 5.10 Å². The van der Waals surface area contributed by atoms with Crippen molar-refractivity contribution in [2.75, 3.05) is 5.73 Å². The lowest BCUT2D eigenvalue weighted by Crippen LogP contribution is -2.06. The molecule has 0 unspecified atom stereocenters. The maximum atomic E-state index is 5.35. The average Bonchev–Trinajstić information content (AvgIpc) is 2.66. The van der Waals surface area contributed by atoms with Crippen LogP contribution in [0.5, 0.6) is 0 Å². The van der Waals surface area contributed by atoms with Gasteiger partial charge in [0.2, 0.25) is 5.89 Å². The third kappa shape index (κ3) is 3.22. The molecule has 1 heterocycles. The van der Waals surface area contributed by atoms with Crippen LogP contribution in [0.15, 0.2) is 4.42 Å². The first-order valence-corrected chi connectivity index (χ1v) is 5.92. The first-order valence-electron chi connectivity index (χ1n) is 5.92. The Hall–Kier alpha value is -1.06. The molecule has 0 bridgehead atoms. The molecule has 1 aliphatic rings. The molecule has 0 aliphatic heterocycles. The highest BCUT2D eigenvalue weighted by Gasteiger charge is 2.13. The largest absolute Gasteiger partial charge is 0.408 e. The zero-order valence-electron chi connectivity index (χ0n) is 9.11. The second-order valence-corrected chi connectivity index (χ2v) is 4.43. The summed E-state index contributed by atoms with van der Waals surface area (Å²) in [4.78, 5) is 0. The lowest BCUT2D eigenvalue weighted by molar-refractivity contribution is 0.328. The maximum Gasteiger partial charge on any atom is 0.312 e. The average molecular weight is 209 g/mol. The Bertz CT molecular complexity index is 292. The van der Waals surface area contributed by atoms with Gasteiger partial charge in [0.15, 0.2) is 0 Å². The van der Waals surface area contributed by atoms with Crippen LogP contribution in [0, 0.1) is 5.92 Å². The van der Waals surface area contributed by atoms with Gasteiger partial charge in [0.05, 0.1) is 0 Å². The van der Waals surface area contributed by atoms with E-state index in [0.717, 1.165) is 18.8 Å². The highest BCUT2D eigenvalue weighted by molar-refractivity contribution is 5.04. The van der Waals surface area contributed by atoms with Gasteiger partial charge in [-0.2, -0.15) is 0 Å². The Kier molecular flexibility index (Phi) is 3.59. The fraction of sp³-hybridized carbons (Fsp3) is 0.818. The monoisotopic (exact) mass is 209 g/mol. The van der Waals surface area contributed by atoms with Gasteiger partial charge in [-0.1, -0.05) is 37.2 Å². The van der Waals surface area contributed by atoms with Crippen LogP contribution in [-0.2, 0) is 6.42 Å². The van der Waals surface area contributed by atoms with Crippen LogP contribution in [0.3, 0.4) is 0 Å². The summed E-state index contributed by atoms with van der Waals surface area (Å²) in [6.45, 7) is 0. The summed E-state index contributed by atoms with van der Waals surface area (Å²) in [6.07, 6.45) is 10.4. The summed E-state index contributed by atoms with van der Waals surface area (Å²) in [5.74, 6) is 1.61. The van der Waals surface area contributed by atoms with E-state index in [0.29, 0.717) is 5.89 Å². The van der Waals surface area contributed by atoms with Crippen LogP contribution in [-0.4, -0.2) is 10.2 Å². The third-order valence-electron chi connectivity index (χ3n) is 3.21. The molecule has 15 heavy (non-hydrogen) atoms. The number of nitrogens with two attached hydrogens (primary N) is 1. The van der Waals surface area contributed by atoms with Gasteiger partial charge in [0.25, 0.3) is 0 Å². The minimum atomic E-state index is 0.183. The van der Waals surface area contributed by atoms with E-state index >= 15 is 0 Å². The Morgan fingerprint density at radius 1 is 1.20 bits per heavy atom. The van der Waals surface area contributed by atoms with Crippen LogP contribution in [0.1, 0.15) is 50.8 Å². The molecule has 1 aromatic rings. The Balaban J connectivity index is 1.65. The van der Waals surface area contributed by atoms with Gasteiger partial charge in [0, 0.05) is 6.42 Å². The number of aryl methyl sites for hydroxylation is 1. The molecule has 1 aromatic heterocycles. The molecule has 4 heteroatoms. The van der Waals surface area contributed by atoms with Crippen molar-refractivity contribution >= 4 is 6.01 Å². The highest BCUT2D eigenvalue weighted by Crippen LogP contribution is 2.27. The number of anilines is 1. The number of nitrogens with zero attached hydrogens (tertiary/aromatic N) is 2. The van der Waals surface area contributed by atoms with Gasteiger partial charge in [-0.25, -0.2) is 0 Å². The van der Waals surface area contributed by atoms with Crippen molar-refractivity contribution in [2.45, 2.75) is 51.4 Å². The van der Waals surface area contributed by atoms with Gasteiger partial charge >= 0.3 is 6.01 Å². The molecule has 0 aromatic carbocycles. The Labute approximate surface area is 90.3 Å².